The van der Waals surface area contributed by atoms with Crippen LogP contribution in [0.3, 0.4) is 0 Å². The minimum Gasteiger partial charge on any atom is -0.476 e. The summed E-state index contributed by atoms with van der Waals surface area (Å²) in [7, 11) is 0. The van der Waals surface area contributed by atoms with Gasteiger partial charge in [0.05, 0.1) is 23.7 Å². The molecule has 34 heavy (non-hydrogen) atoms. The number of ether oxygens (including phenoxy) is 1. The Labute approximate surface area is 199 Å². The van der Waals surface area contributed by atoms with Crippen LogP contribution in [0.25, 0.3) is 11.8 Å². The number of fused-ring (bicyclic) bond motifs is 2. The van der Waals surface area contributed by atoms with Gasteiger partial charge in [-0.2, -0.15) is 10.4 Å². The van der Waals surface area contributed by atoms with E-state index >= 15 is 0 Å². The lowest BCUT2D eigenvalue weighted by Crippen LogP contribution is -2.40. The monoisotopic (exact) mass is 457 g/mol. The molecule has 0 spiro atoms. The molecular formula is C28H28FN3O2. The first kappa shape index (κ1) is 22.4. The van der Waals surface area contributed by atoms with Gasteiger partial charge in [0.1, 0.15) is 6.07 Å². The van der Waals surface area contributed by atoms with E-state index in [9.17, 15) is 9.50 Å². The van der Waals surface area contributed by atoms with Crippen LogP contribution in [0.4, 0.5) is 4.39 Å². The molecule has 6 heteroatoms. The zero-order valence-corrected chi connectivity index (χ0v) is 19.5. The van der Waals surface area contributed by atoms with Gasteiger partial charge in [-0.05, 0) is 85.4 Å². The number of aliphatic hydroxyl groups excluding tert-OH is 1. The Morgan fingerprint density at radius 3 is 2.85 bits per heavy atom. The molecule has 5 nitrogen and oxygen atoms in total. The summed E-state index contributed by atoms with van der Waals surface area (Å²) < 4.78 is 21.4. The van der Waals surface area contributed by atoms with E-state index in [1.165, 1.54) is 28.8 Å². The van der Waals surface area contributed by atoms with Crippen molar-refractivity contribution in [1.29, 1.82) is 5.26 Å². The predicted molar refractivity (Wildman–Crippen MR) is 128 cm³/mol. The molecule has 3 atom stereocenters. The van der Waals surface area contributed by atoms with Gasteiger partial charge in [-0.1, -0.05) is 36.3 Å². The van der Waals surface area contributed by atoms with Crippen LogP contribution in [0.15, 0.2) is 54.2 Å². The Balaban J connectivity index is 1.47. The number of halogens is 1. The number of nitrogens with zero attached hydrogens (tertiary/aromatic N) is 3. The van der Waals surface area contributed by atoms with E-state index in [1.807, 2.05) is 16.9 Å². The molecule has 174 valence electrons. The van der Waals surface area contributed by atoms with Crippen LogP contribution in [0.2, 0.25) is 0 Å². The second-order valence-corrected chi connectivity index (χ2v) is 9.65. The molecule has 1 heterocycles. The van der Waals surface area contributed by atoms with Crippen LogP contribution >= 0.6 is 0 Å². The van der Waals surface area contributed by atoms with Crippen LogP contribution in [-0.4, -0.2) is 21.5 Å². The first-order valence-electron chi connectivity index (χ1n) is 11.7. The summed E-state index contributed by atoms with van der Waals surface area (Å²) in [6.45, 7) is 4.07. The summed E-state index contributed by atoms with van der Waals surface area (Å²) >= 11 is 0. The standard InChI is InChI=1S/C28H28FN3O2/c1-18-6-9-22(10-7-18)32-25-15-21-4-3-5-23(28(21,2)16-20(25)17-31-32)27(33)19-8-11-24(29)26(14-19)34-13-12-30/h6-11,14-15,17,23,27,33H,3-5,13,16H2,1-2H3. The molecule has 1 fully saturated rings. The van der Waals surface area contributed by atoms with Gasteiger partial charge in [0, 0.05) is 0 Å². The third kappa shape index (κ3) is 3.80. The molecule has 2 aromatic carbocycles. The lowest BCUT2D eigenvalue weighted by molar-refractivity contribution is 0.0215. The average molecular weight is 458 g/mol. The second kappa shape index (κ2) is 8.73. The number of allylic oxidation sites excluding steroid dienone is 1. The normalized spacial score (nSPS) is 22.2. The van der Waals surface area contributed by atoms with Gasteiger partial charge in [0.2, 0.25) is 0 Å². The van der Waals surface area contributed by atoms with Gasteiger partial charge in [-0.3, -0.25) is 0 Å². The second-order valence-electron chi connectivity index (χ2n) is 9.65. The van der Waals surface area contributed by atoms with Gasteiger partial charge < -0.3 is 9.84 Å². The number of hydrogen-bond acceptors (Lipinski definition) is 4. The first-order valence-corrected chi connectivity index (χ1v) is 11.7. The maximum absolute atomic E-state index is 14.1. The largest absolute Gasteiger partial charge is 0.476 e. The van der Waals surface area contributed by atoms with E-state index in [-0.39, 0.29) is 23.7 Å². The summed E-state index contributed by atoms with van der Waals surface area (Å²) in [5.74, 6) is -0.565. The van der Waals surface area contributed by atoms with Crippen LogP contribution in [0.5, 0.6) is 5.75 Å². The quantitative estimate of drug-likeness (QED) is 0.533. The summed E-state index contributed by atoms with van der Waals surface area (Å²) in [6, 6.07) is 14.7. The zero-order valence-electron chi connectivity index (χ0n) is 19.5. The number of aromatic nitrogens is 2. The number of hydrogen-bond donors (Lipinski definition) is 1. The van der Waals surface area contributed by atoms with Crippen molar-refractivity contribution in [3.8, 4) is 17.5 Å². The summed E-state index contributed by atoms with van der Waals surface area (Å²) in [4.78, 5) is 0. The SMILES string of the molecule is Cc1ccc(-n2ncc3c2C=C2CCCC(C(O)c4ccc(F)c(OCC#N)c4)C2(C)C3)cc1. The molecule has 0 amide bonds. The van der Waals surface area contributed by atoms with Gasteiger partial charge in [0.15, 0.2) is 18.2 Å². The Morgan fingerprint density at radius 2 is 2.09 bits per heavy atom. The fourth-order valence-corrected chi connectivity index (χ4v) is 5.63. The maximum Gasteiger partial charge on any atom is 0.174 e. The Kier molecular flexibility index (Phi) is 5.75. The lowest BCUT2D eigenvalue weighted by atomic mass is 9.57. The number of nitriles is 1. The van der Waals surface area contributed by atoms with Crippen molar-refractivity contribution in [3.63, 3.8) is 0 Å². The molecule has 5 rings (SSSR count). The highest BCUT2D eigenvalue weighted by molar-refractivity contribution is 5.61. The van der Waals surface area contributed by atoms with E-state index < -0.39 is 11.9 Å². The van der Waals surface area contributed by atoms with Crippen molar-refractivity contribution in [1.82, 2.24) is 9.78 Å². The first-order chi connectivity index (χ1) is 16.4. The van der Waals surface area contributed by atoms with Crippen molar-refractivity contribution in [2.45, 2.75) is 45.6 Å². The molecular weight excluding hydrogens is 429 g/mol. The minimum absolute atomic E-state index is 0.000123. The highest BCUT2D eigenvalue weighted by Gasteiger charge is 2.46. The maximum atomic E-state index is 14.1. The molecule has 3 unspecified atom stereocenters. The van der Waals surface area contributed by atoms with Crippen LogP contribution in [0.1, 0.15) is 54.7 Å². The predicted octanol–water partition coefficient (Wildman–Crippen LogP) is 5.70. The molecule has 2 aliphatic rings. The third-order valence-corrected chi connectivity index (χ3v) is 7.52. The van der Waals surface area contributed by atoms with E-state index in [0.29, 0.717) is 5.56 Å². The van der Waals surface area contributed by atoms with Gasteiger partial charge in [-0.15, -0.1) is 0 Å². The summed E-state index contributed by atoms with van der Waals surface area (Å²) in [5.41, 5.74) is 6.24. The number of benzene rings is 2. The van der Waals surface area contributed by atoms with E-state index in [1.54, 1.807) is 6.07 Å². The molecule has 0 radical (unpaired) electrons. The summed E-state index contributed by atoms with van der Waals surface area (Å²) in [6.07, 6.45) is 7.07. The smallest absolute Gasteiger partial charge is 0.174 e. The van der Waals surface area contributed by atoms with Crippen molar-refractivity contribution < 1.29 is 14.2 Å². The molecule has 1 N–H and O–H groups in total. The fourth-order valence-electron chi connectivity index (χ4n) is 5.63. The van der Waals surface area contributed by atoms with Crippen molar-refractivity contribution >= 4 is 6.08 Å². The number of aryl methyl sites for hydroxylation is 1. The molecule has 1 saturated carbocycles. The van der Waals surface area contributed by atoms with Crippen molar-refractivity contribution in [2.75, 3.05) is 6.61 Å². The minimum atomic E-state index is -0.771. The van der Waals surface area contributed by atoms with Crippen LogP contribution in [-0.2, 0) is 6.42 Å². The molecule has 3 aromatic rings. The zero-order chi connectivity index (χ0) is 23.9. The Hall–Kier alpha value is -3.43. The van der Waals surface area contributed by atoms with E-state index in [4.69, 9.17) is 10.00 Å². The number of rotatable bonds is 5. The topological polar surface area (TPSA) is 71.1 Å². The lowest BCUT2D eigenvalue weighted by Gasteiger charge is -2.47. The Bertz CT molecular complexity index is 1290. The third-order valence-electron chi connectivity index (χ3n) is 7.52. The van der Waals surface area contributed by atoms with Crippen molar-refractivity contribution in [2.24, 2.45) is 11.3 Å². The Morgan fingerprint density at radius 1 is 1.29 bits per heavy atom. The molecule has 0 bridgehead atoms. The summed E-state index contributed by atoms with van der Waals surface area (Å²) in [5, 5.41) is 24.9. The van der Waals surface area contributed by atoms with Gasteiger partial charge in [0.25, 0.3) is 0 Å². The molecule has 2 aliphatic carbocycles. The fraction of sp³-hybridized carbons (Fsp3) is 0.357. The highest BCUT2D eigenvalue weighted by atomic mass is 19.1. The van der Waals surface area contributed by atoms with Crippen molar-refractivity contribution in [3.05, 3.63) is 82.4 Å². The average Bonchev–Trinajstić information content (AvgIpc) is 3.23. The van der Waals surface area contributed by atoms with Gasteiger partial charge >= 0.3 is 0 Å². The van der Waals surface area contributed by atoms with E-state index in [2.05, 4.69) is 49.3 Å². The molecule has 0 aliphatic heterocycles. The molecule has 0 saturated heterocycles. The van der Waals surface area contributed by atoms with E-state index in [0.717, 1.165) is 37.1 Å². The van der Waals surface area contributed by atoms with Gasteiger partial charge in [-0.25, -0.2) is 9.07 Å². The number of aliphatic hydroxyl groups is 1. The van der Waals surface area contributed by atoms with Crippen LogP contribution < -0.4 is 4.74 Å². The van der Waals surface area contributed by atoms with Crippen LogP contribution in [0, 0.1) is 35.4 Å². The highest BCUT2D eigenvalue weighted by Crippen LogP contribution is 2.55. The molecule has 1 aromatic heterocycles.